The molecule has 2 nitrogen and oxygen atoms in total. The Morgan fingerprint density at radius 2 is 2.14 bits per heavy atom. The van der Waals surface area contributed by atoms with Crippen LogP contribution in [0.15, 0.2) is 0 Å². The molecular weight excluding hydrogens is 208 g/mol. The van der Waals surface area contributed by atoms with E-state index in [2.05, 4.69) is 5.32 Å². The molecule has 0 radical (unpaired) electrons. The second-order valence-corrected chi connectivity index (χ2v) is 4.92. The van der Waals surface area contributed by atoms with Gasteiger partial charge in [0, 0.05) is 11.3 Å². The van der Waals surface area contributed by atoms with Crippen molar-refractivity contribution in [1.29, 1.82) is 0 Å². The molecule has 2 fully saturated rings. The number of halogens is 2. The highest BCUT2D eigenvalue weighted by atomic mass is 32.2. The van der Waals surface area contributed by atoms with Gasteiger partial charge in [-0.15, -0.1) is 0 Å². The van der Waals surface area contributed by atoms with Crippen molar-refractivity contribution in [3.05, 3.63) is 0 Å². The van der Waals surface area contributed by atoms with Crippen LogP contribution in [0.4, 0.5) is 8.78 Å². The van der Waals surface area contributed by atoms with Crippen molar-refractivity contribution in [2.45, 2.75) is 36.8 Å². The number of alkyl halides is 2. The largest absolute Gasteiger partial charge is 0.356 e. The van der Waals surface area contributed by atoms with E-state index in [4.69, 9.17) is 4.74 Å². The van der Waals surface area contributed by atoms with Gasteiger partial charge >= 0.3 is 0 Å². The minimum absolute atomic E-state index is 0.108. The number of nitrogens with one attached hydrogen (secondary N) is 1. The van der Waals surface area contributed by atoms with E-state index >= 15 is 0 Å². The fourth-order valence-corrected chi connectivity index (χ4v) is 3.10. The fourth-order valence-electron chi connectivity index (χ4n) is 1.96. The molecular formula is C9H15F2NOS. The lowest BCUT2D eigenvalue weighted by atomic mass is 10.1. The van der Waals surface area contributed by atoms with E-state index < -0.39 is 12.7 Å². The van der Waals surface area contributed by atoms with Crippen molar-refractivity contribution in [1.82, 2.24) is 5.32 Å². The van der Waals surface area contributed by atoms with Crippen LogP contribution in [-0.2, 0) is 4.74 Å². The summed E-state index contributed by atoms with van der Waals surface area (Å²) in [6.45, 7) is 0.428. The van der Waals surface area contributed by atoms with Crippen LogP contribution >= 0.6 is 11.8 Å². The summed E-state index contributed by atoms with van der Waals surface area (Å²) in [5.74, 6) is 0.711. The van der Waals surface area contributed by atoms with E-state index in [1.54, 1.807) is 11.8 Å². The maximum Gasteiger partial charge on any atom is 0.277 e. The summed E-state index contributed by atoms with van der Waals surface area (Å²) in [5, 5.41) is 3.31. The van der Waals surface area contributed by atoms with Gasteiger partial charge in [0.1, 0.15) is 0 Å². The summed E-state index contributed by atoms with van der Waals surface area (Å²) in [5.41, 5.74) is 0. The number of hydrogen-bond acceptors (Lipinski definition) is 3. The van der Waals surface area contributed by atoms with E-state index in [0.29, 0.717) is 17.8 Å². The Morgan fingerprint density at radius 1 is 1.43 bits per heavy atom. The van der Waals surface area contributed by atoms with Crippen LogP contribution in [0.3, 0.4) is 0 Å². The Hall–Kier alpha value is 0.130. The van der Waals surface area contributed by atoms with E-state index in [0.717, 1.165) is 0 Å². The van der Waals surface area contributed by atoms with Gasteiger partial charge in [-0.2, -0.15) is 11.8 Å². The third-order valence-corrected chi connectivity index (χ3v) is 4.08. The average molecular weight is 223 g/mol. The van der Waals surface area contributed by atoms with E-state index in [1.807, 2.05) is 6.26 Å². The summed E-state index contributed by atoms with van der Waals surface area (Å²) in [4.78, 5) is 0. The molecule has 2 rings (SSSR count). The smallest absolute Gasteiger partial charge is 0.277 e. The zero-order valence-electron chi connectivity index (χ0n) is 8.08. The normalized spacial score (nSPS) is 35.1. The molecule has 1 aliphatic carbocycles. The highest BCUT2D eigenvalue weighted by Gasteiger charge is 2.41. The summed E-state index contributed by atoms with van der Waals surface area (Å²) in [7, 11) is 0. The zero-order chi connectivity index (χ0) is 10.1. The Balaban J connectivity index is 1.86. The first-order chi connectivity index (χ1) is 6.72. The lowest BCUT2D eigenvalue weighted by molar-refractivity contribution is -0.0315. The van der Waals surface area contributed by atoms with Gasteiger partial charge in [0.15, 0.2) is 6.23 Å². The fraction of sp³-hybridized carbons (Fsp3) is 1.00. The number of thioether (sulfide) groups is 1. The minimum atomic E-state index is -2.42. The summed E-state index contributed by atoms with van der Waals surface area (Å²) >= 11 is 1.76. The van der Waals surface area contributed by atoms with Gasteiger partial charge in [-0.1, -0.05) is 0 Å². The number of ether oxygens (including phenoxy) is 1. The Labute approximate surface area is 86.8 Å². The van der Waals surface area contributed by atoms with Gasteiger partial charge < -0.3 is 4.74 Å². The van der Waals surface area contributed by atoms with Gasteiger partial charge in [0.25, 0.3) is 6.43 Å². The highest BCUT2D eigenvalue weighted by Crippen LogP contribution is 2.40. The van der Waals surface area contributed by atoms with Crippen LogP contribution in [-0.4, -0.2) is 36.8 Å². The first-order valence-corrected chi connectivity index (χ1v) is 6.19. The lowest BCUT2D eigenvalue weighted by Crippen LogP contribution is -2.41. The number of rotatable bonds is 4. The molecule has 0 aromatic heterocycles. The molecule has 2 aliphatic rings. The van der Waals surface area contributed by atoms with Gasteiger partial charge in [0.05, 0.1) is 6.61 Å². The van der Waals surface area contributed by atoms with Crippen molar-refractivity contribution in [3.63, 3.8) is 0 Å². The second-order valence-electron chi connectivity index (χ2n) is 3.90. The van der Waals surface area contributed by atoms with Crippen molar-refractivity contribution >= 4 is 11.8 Å². The molecule has 0 spiro atoms. The molecule has 3 unspecified atom stereocenters. The van der Waals surface area contributed by atoms with E-state index in [1.165, 1.54) is 12.8 Å². The molecule has 0 amide bonds. The minimum Gasteiger partial charge on any atom is -0.356 e. The molecule has 5 heteroatoms. The highest BCUT2D eigenvalue weighted by molar-refractivity contribution is 7.99. The molecule has 1 heterocycles. The average Bonchev–Trinajstić information content (AvgIpc) is 2.84. The lowest BCUT2D eigenvalue weighted by Gasteiger charge is -2.20. The molecule has 0 bridgehead atoms. The van der Waals surface area contributed by atoms with Crippen molar-refractivity contribution < 1.29 is 13.5 Å². The maximum absolute atomic E-state index is 12.3. The summed E-state index contributed by atoms with van der Waals surface area (Å²) in [6.07, 6.45) is 1.06. The molecule has 0 aromatic carbocycles. The molecule has 82 valence electrons. The third-order valence-electron chi connectivity index (χ3n) is 2.82. The van der Waals surface area contributed by atoms with Crippen LogP contribution < -0.4 is 5.32 Å². The van der Waals surface area contributed by atoms with Crippen LogP contribution in [0.2, 0.25) is 0 Å². The molecule has 1 saturated carbocycles. The third kappa shape index (κ3) is 2.20. The summed E-state index contributed by atoms with van der Waals surface area (Å²) in [6, 6.07) is 0.108. The molecule has 14 heavy (non-hydrogen) atoms. The standard InChI is InChI=1S/C9H15F2NOS/c1-14-7(5-2-3-5)6-4-13-9(12-6)8(10)11/h5-9,12H,2-4H2,1H3. The molecule has 0 aromatic rings. The predicted molar refractivity (Wildman–Crippen MR) is 52.7 cm³/mol. The SMILES string of the molecule is CSC(C1CC1)C1COC(C(F)F)N1. The van der Waals surface area contributed by atoms with Gasteiger partial charge in [-0.05, 0) is 25.0 Å². The van der Waals surface area contributed by atoms with Crippen molar-refractivity contribution in [3.8, 4) is 0 Å². The first kappa shape index (κ1) is 10.6. The second kappa shape index (κ2) is 4.33. The van der Waals surface area contributed by atoms with Crippen LogP contribution in [0.25, 0.3) is 0 Å². The van der Waals surface area contributed by atoms with Crippen LogP contribution in [0.1, 0.15) is 12.8 Å². The van der Waals surface area contributed by atoms with Crippen molar-refractivity contribution in [2.75, 3.05) is 12.9 Å². The van der Waals surface area contributed by atoms with Crippen LogP contribution in [0.5, 0.6) is 0 Å². The molecule has 1 N–H and O–H groups in total. The van der Waals surface area contributed by atoms with Gasteiger partial charge in [-0.25, -0.2) is 8.78 Å². The van der Waals surface area contributed by atoms with E-state index in [-0.39, 0.29) is 6.04 Å². The van der Waals surface area contributed by atoms with Crippen LogP contribution in [0, 0.1) is 5.92 Å². The van der Waals surface area contributed by atoms with Gasteiger partial charge in [0.2, 0.25) is 0 Å². The first-order valence-electron chi connectivity index (χ1n) is 4.91. The zero-order valence-corrected chi connectivity index (χ0v) is 8.90. The van der Waals surface area contributed by atoms with Gasteiger partial charge in [-0.3, -0.25) is 5.32 Å². The summed E-state index contributed by atoms with van der Waals surface area (Å²) < 4.78 is 29.6. The predicted octanol–water partition coefficient (Wildman–Crippen LogP) is 1.71. The Kier molecular flexibility index (Phi) is 3.29. The topological polar surface area (TPSA) is 21.3 Å². The quantitative estimate of drug-likeness (QED) is 0.784. The molecule has 3 atom stereocenters. The van der Waals surface area contributed by atoms with Crippen molar-refractivity contribution in [2.24, 2.45) is 5.92 Å². The molecule has 1 aliphatic heterocycles. The number of hydrogen-bond donors (Lipinski definition) is 1. The van der Waals surface area contributed by atoms with E-state index in [9.17, 15) is 8.78 Å². The molecule has 1 saturated heterocycles. The monoisotopic (exact) mass is 223 g/mol. The Bertz CT molecular complexity index is 201. The maximum atomic E-state index is 12.3. The Morgan fingerprint density at radius 3 is 2.57 bits per heavy atom.